The van der Waals surface area contributed by atoms with E-state index >= 15 is 0 Å². The van der Waals surface area contributed by atoms with Crippen molar-refractivity contribution in [1.82, 2.24) is 10.3 Å². The van der Waals surface area contributed by atoms with Crippen molar-refractivity contribution >= 4 is 34.6 Å². The molecule has 1 fully saturated rings. The Bertz CT molecular complexity index is 1620. The van der Waals surface area contributed by atoms with Crippen molar-refractivity contribution in [3.63, 3.8) is 0 Å². The topological polar surface area (TPSA) is 50.5 Å². The van der Waals surface area contributed by atoms with Gasteiger partial charge in [-0.3, -0.25) is 4.98 Å². The van der Waals surface area contributed by atoms with Gasteiger partial charge in [0.25, 0.3) is 0 Å². The average molecular weight is 552 g/mol. The maximum absolute atomic E-state index is 6.50. The molecule has 6 rings (SSSR count). The molecule has 0 spiro atoms. The minimum atomic E-state index is -0.260. The number of nitrogens with zero attached hydrogens (tertiary/aromatic N) is 2. The van der Waals surface area contributed by atoms with E-state index in [0.29, 0.717) is 10.1 Å². The summed E-state index contributed by atoms with van der Waals surface area (Å²) in [5.74, 6) is 3.06. The second-order valence-electron chi connectivity index (χ2n) is 9.52. The average Bonchev–Trinajstić information content (AvgIpc) is 3.57. The van der Waals surface area contributed by atoms with Gasteiger partial charge in [-0.2, -0.15) is 0 Å². The van der Waals surface area contributed by atoms with Crippen LogP contribution in [0.3, 0.4) is 0 Å². The molecular formula is C32H26ClN3O2S. The Kier molecular flexibility index (Phi) is 6.81. The van der Waals surface area contributed by atoms with Crippen LogP contribution >= 0.6 is 23.8 Å². The molecule has 194 valence electrons. The molecule has 7 heteroatoms. The number of anilines is 1. The summed E-state index contributed by atoms with van der Waals surface area (Å²) in [4.78, 5) is 6.71. The van der Waals surface area contributed by atoms with Crippen LogP contribution in [0.15, 0.2) is 108 Å². The Morgan fingerprint density at radius 3 is 2.33 bits per heavy atom. The number of halogens is 1. The molecule has 0 saturated carbocycles. The fourth-order valence-corrected chi connectivity index (χ4v) is 5.39. The summed E-state index contributed by atoms with van der Waals surface area (Å²) in [6, 6.07) is 31.2. The van der Waals surface area contributed by atoms with Gasteiger partial charge >= 0.3 is 0 Å². The second-order valence-corrected chi connectivity index (χ2v) is 10.3. The standard InChI is InChI=1S/C32H26ClN3O2S/c1-20-9-13-23(14-10-20)37-24-15-11-22(12-16-24)36-31(30(35-32(36)39)27-8-3-4-19-34-27)29-18-17-28(38-29)25-6-5-7-26(33)21(25)2/h3-19,30-31H,1-2H3,(H,35,39). The molecule has 5 aromatic rings. The number of hydrogen-bond donors (Lipinski definition) is 1. The Labute approximate surface area is 238 Å². The molecule has 1 aliphatic rings. The molecule has 5 nitrogen and oxygen atoms in total. The molecule has 39 heavy (non-hydrogen) atoms. The van der Waals surface area contributed by atoms with Gasteiger partial charge in [0.05, 0.1) is 11.7 Å². The normalized spacial score (nSPS) is 16.8. The van der Waals surface area contributed by atoms with E-state index in [-0.39, 0.29) is 12.1 Å². The van der Waals surface area contributed by atoms with E-state index in [1.807, 2.05) is 104 Å². The largest absolute Gasteiger partial charge is 0.459 e. The highest BCUT2D eigenvalue weighted by Crippen LogP contribution is 2.43. The lowest BCUT2D eigenvalue weighted by Crippen LogP contribution is -2.29. The van der Waals surface area contributed by atoms with Gasteiger partial charge in [0.15, 0.2) is 5.11 Å². The Morgan fingerprint density at radius 1 is 0.872 bits per heavy atom. The number of benzene rings is 3. The first-order chi connectivity index (χ1) is 19.0. The van der Waals surface area contributed by atoms with Crippen LogP contribution in [-0.2, 0) is 0 Å². The van der Waals surface area contributed by atoms with Gasteiger partial charge in [0.1, 0.15) is 29.1 Å². The third-order valence-corrected chi connectivity index (χ3v) is 7.65. The lowest BCUT2D eigenvalue weighted by Gasteiger charge is -2.26. The van der Waals surface area contributed by atoms with Crippen LogP contribution in [0.2, 0.25) is 5.02 Å². The molecular weight excluding hydrogens is 526 g/mol. The fraction of sp³-hybridized carbons (Fsp3) is 0.125. The Balaban J connectivity index is 1.36. The van der Waals surface area contributed by atoms with E-state index in [0.717, 1.165) is 45.5 Å². The SMILES string of the molecule is Cc1ccc(Oc2ccc(N3C(=S)NC(c4ccccn4)C3c3ccc(-c4cccc(Cl)c4C)o3)cc2)cc1. The number of hydrogen-bond acceptors (Lipinski definition) is 4. The lowest BCUT2D eigenvalue weighted by molar-refractivity contribution is 0.439. The fourth-order valence-electron chi connectivity index (χ4n) is 4.87. The highest BCUT2D eigenvalue weighted by atomic mass is 35.5. The number of aromatic nitrogens is 1. The predicted octanol–water partition coefficient (Wildman–Crippen LogP) is 8.58. The van der Waals surface area contributed by atoms with Crippen LogP contribution in [0.4, 0.5) is 5.69 Å². The summed E-state index contributed by atoms with van der Waals surface area (Å²) >= 11 is 12.3. The van der Waals surface area contributed by atoms with E-state index < -0.39 is 0 Å². The van der Waals surface area contributed by atoms with Gasteiger partial charge in [0, 0.05) is 22.5 Å². The first-order valence-corrected chi connectivity index (χ1v) is 13.5. The minimum Gasteiger partial charge on any atom is -0.459 e. The lowest BCUT2D eigenvalue weighted by atomic mass is 10.0. The number of aryl methyl sites for hydroxylation is 1. The summed E-state index contributed by atoms with van der Waals surface area (Å²) in [5.41, 5.74) is 4.92. The van der Waals surface area contributed by atoms with Crippen LogP contribution in [0, 0.1) is 13.8 Å². The molecule has 2 atom stereocenters. The Morgan fingerprint density at radius 2 is 1.62 bits per heavy atom. The van der Waals surface area contributed by atoms with Crippen LogP contribution in [0.5, 0.6) is 11.5 Å². The highest BCUT2D eigenvalue weighted by molar-refractivity contribution is 7.80. The van der Waals surface area contributed by atoms with Crippen LogP contribution in [0.1, 0.15) is 34.7 Å². The highest BCUT2D eigenvalue weighted by Gasteiger charge is 2.42. The monoisotopic (exact) mass is 551 g/mol. The van der Waals surface area contributed by atoms with E-state index in [4.69, 9.17) is 33.0 Å². The first kappa shape index (κ1) is 25.2. The molecule has 2 unspecified atom stereocenters. The second kappa shape index (κ2) is 10.6. The van der Waals surface area contributed by atoms with Crippen LogP contribution in [0.25, 0.3) is 11.3 Å². The summed E-state index contributed by atoms with van der Waals surface area (Å²) in [5, 5.41) is 4.78. The van der Waals surface area contributed by atoms with Crippen molar-refractivity contribution in [2.45, 2.75) is 25.9 Å². The van der Waals surface area contributed by atoms with Gasteiger partial charge in [-0.05, 0) is 98.4 Å². The van der Waals surface area contributed by atoms with Crippen molar-refractivity contribution in [3.8, 4) is 22.8 Å². The van der Waals surface area contributed by atoms with E-state index in [9.17, 15) is 0 Å². The molecule has 0 aliphatic carbocycles. The van der Waals surface area contributed by atoms with Gasteiger partial charge < -0.3 is 19.4 Å². The number of ether oxygens (including phenoxy) is 1. The molecule has 1 saturated heterocycles. The maximum Gasteiger partial charge on any atom is 0.174 e. The zero-order chi connectivity index (χ0) is 26.9. The molecule has 2 aromatic heterocycles. The molecule has 0 bridgehead atoms. The third kappa shape index (κ3) is 5.01. The van der Waals surface area contributed by atoms with Gasteiger partial charge in [0.2, 0.25) is 0 Å². The maximum atomic E-state index is 6.50. The minimum absolute atomic E-state index is 0.207. The number of nitrogens with one attached hydrogen (secondary N) is 1. The third-order valence-electron chi connectivity index (χ3n) is 6.92. The smallest absolute Gasteiger partial charge is 0.174 e. The van der Waals surface area contributed by atoms with Crippen molar-refractivity contribution < 1.29 is 9.15 Å². The van der Waals surface area contributed by atoms with Gasteiger partial charge in [-0.1, -0.05) is 47.5 Å². The number of thiocarbonyl (C=S) groups is 1. The predicted molar refractivity (Wildman–Crippen MR) is 160 cm³/mol. The quantitative estimate of drug-likeness (QED) is 0.213. The summed E-state index contributed by atoms with van der Waals surface area (Å²) in [7, 11) is 0. The van der Waals surface area contributed by atoms with Gasteiger partial charge in [-0.25, -0.2) is 0 Å². The van der Waals surface area contributed by atoms with Crippen LogP contribution < -0.4 is 15.0 Å². The van der Waals surface area contributed by atoms with Crippen molar-refractivity contribution in [3.05, 3.63) is 131 Å². The summed E-state index contributed by atoms with van der Waals surface area (Å²) < 4.78 is 12.5. The van der Waals surface area contributed by atoms with E-state index in [2.05, 4.69) is 22.1 Å². The zero-order valence-corrected chi connectivity index (χ0v) is 23.0. The van der Waals surface area contributed by atoms with Crippen molar-refractivity contribution in [2.24, 2.45) is 0 Å². The van der Waals surface area contributed by atoms with Crippen LogP contribution in [-0.4, -0.2) is 10.1 Å². The first-order valence-electron chi connectivity index (χ1n) is 12.7. The Hall–Kier alpha value is -4.13. The summed E-state index contributed by atoms with van der Waals surface area (Å²) in [6.07, 6.45) is 1.79. The molecule has 1 aliphatic heterocycles. The molecule has 1 N–H and O–H groups in total. The molecule has 3 aromatic carbocycles. The molecule has 0 amide bonds. The van der Waals surface area contributed by atoms with E-state index in [1.165, 1.54) is 5.56 Å². The molecule has 3 heterocycles. The number of pyridine rings is 1. The number of furan rings is 1. The van der Waals surface area contributed by atoms with Crippen molar-refractivity contribution in [1.29, 1.82) is 0 Å². The van der Waals surface area contributed by atoms with E-state index in [1.54, 1.807) is 6.20 Å². The summed E-state index contributed by atoms with van der Waals surface area (Å²) in [6.45, 7) is 4.05. The number of rotatable bonds is 6. The van der Waals surface area contributed by atoms with Gasteiger partial charge in [-0.15, -0.1) is 0 Å². The van der Waals surface area contributed by atoms with Crippen molar-refractivity contribution in [2.75, 3.05) is 4.90 Å². The zero-order valence-electron chi connectivity index (χ0n) is 21.5. The molecule has 0 radical (unpaired) electrons.